The van der Waals surface area contributed by atoms with Gasteiger partial charge in [-0.05, 0) is 36.5 Å². The number of aromatic nitrogens is 1. The molecule has 0 aliphatic rings. The normalized spacial score (nSPS) is 14.3. The quantitative estimate of drug-likeness (QED) is 0.211. The molecule has 0 saturated carbocycles. The summed E-state index contributed by atoms with van der Waals surface area (Å²) < 4.78 is 0. The minimum atomic E-state index is -1.16. The van der Waals surface area contributed by atoms with Crippen molar-refractivity contribution in [3.8, 4) is 0 Å². The third kappa shape index (κ3) is 7.42. The maximum Gasteiger partial charge on any atom is 0.326 e. The van der Waals surface area contributed by atoms with E-state index < -0.39 is 47.9 Å². The fraction of sp³-hybridized carbons (Fsp3) is 0.357. The first kappa shape index (κ1) is 28.4. The Morgan fingerprint density at radius 2 is 1.50 bits per heavy atom. The van der Waals surface area contributed by atoms with E-state index in [9.17, 15) is 24.3 Å². The van der Waals surface area contributed by atoms with E-state index in [2.05, 4.69) is 20.9 Å². The first-order chi connectivity index (χ1) is 18.1. The molecule has 3 rings (SSSR count). The van der Waals surface area contributed by atoms with Gasteiger partial charge in [-0.25, -0.2) is 4.79 Å². The van der Waals surface area contributed by atoms with Crippen LogP contribution in [-0.4, -0.2) is 57.9 Å². The molecule has 1 aromatic heterocycles. The molecule has 0 aliphatic carbocycles. The van der Waals surface area contributed by atoms with Gasteiger partial charge in [-0.15, -0.1) is 0 Å². The van der Waals surface area contributed by atoms with Gasteiger partial charge >= 0.3 is 5.97 Å². The van der Waals surface area contributed by atoms with Crippen molar-refractivity contribution < 1.29 is 24.3 Å². The van der Waals surface area contributed by atoms with Crippen LogP contribution in [0.3, 0.4) is 0 Å². The summed E-state index contributed by atoms with van der Waals surface area (Å²) in [5.74, 6) is -3.23. The highest BCUT2D eigenvalue weighted by molar-refractivity contribution is 5.94. The number of H-pyrrole nitrogens is 1. The Hall–Kier alpha value is -4.18. The fourth-order valence-corrected chi connectivity index (χ4v) is 4.14. The van der Waals surface area contributed by atoms with Crippen molar-refractivity contribution >= 4 is 34.6 Å². The Morgan fingerprint density at radius 1 is 0.842 bits per heavy atom. The second kappa shape index (κ2) is 12.9. The lowest BCUT2D eigenvalue weighted by atomic mass is 10.0. The van der Waals surface area contributed by atoms with Crippen LogP contribution in [0.1, 0.15) is 31.9 Å². The topological polar surface area (TPSA) is 166 Å². The number of nitrogens with two attached hydrogens (primary N) is 1. The van der Waals surface area contributed by atoms with Gasteiger partial charge in [-0.1, -0.05) is 62.4 Å². The van der Waals surface area contributed by atoms with Crippen molar-refractivity contribution in [3.63, 3.8) is 0 Å². The second-order valence-electron chi connectivity index (χ2n) is 9.72. The van der Waals surface area contributed by atoms with E-state index in [1.54, 1.807) is 13.8 Å². The van der Waals surface area contributed by atoms with Crippen LogP contribution in [0.15, 0.2) is 60.8 Å². The van der Waals surface area contributed by atoms with Crippen LogP contribution in [0.25, 0.3) is 10.9 Å². The lowest BCUT2D eigenvalue weighted by Crippen LogP contribution is -2.57. The largest absolute Gasteiger partial charge is 0.480 e. The predicted octanol–water partition coefficient (Wildman–Crippen LogP) is 1.50. The maximum atomic E-state index is 13.2. The van der Waals surface area contributed by atoms with Crippen LogP contribution in [0.4, 0.5) is 0 Å². The number of carboxylic acid groups (broad SMARTS) is 1. The van der Waals surface area contributed by atoms with Gasteiger partial charge in [0.15, 0.2) is 0 Å². The molecule has 2 aromatic carbocycles. The van der Waals surface area contributed by atoms with Crippen LogP contribution in [-0.2, 0) is 32.0 Å². The Labute approximate surface area is 221 Å². The smallest absolute Gasteiger partial charge is 0.326 e. The molecule has 0 fully saturated rings. The zero-order chi connectivity index (χ0) is 27.8. The summed E-state index contributed by atoms with van der Waals surface area (Å²) in [6, 6.07) is 12.8. The summed E-state index contributed by atoms with van der Waals surface area (Å²) in [6.45, 7) is 4.80. The number of fused-ring (bicyclic) bond motifs is 1. The lowest BCUT2D eigenvalue weighted by Gasteiger charge is -2.24. The zero-order valence-electron chi connectivity index (χ0n) is 21.7. The molecule has 10 nitrogen and oxygen atoms in total. The number of benzene rings is 2. The van der Waals surface area contributed by atoms with Crippen LogP contribution in [0, 0.1) is 5.92 Å². The molecule has 1 heterocycles. The van der Waals surface area contributed by atoms with Gasteiger partial charge in [-0.3, -0.25) is 14.4 Å². The number of rotatable bonds is 12. The molecule has 0 radical (unpaired) electrons. The van der Waals surface area contributed by atoms with Crippen LogP contribution in [0.2, 0.25) is 0 Å². The molecule has 7 N–H and O–H groups in total. The molecule has 10 heteroatoms. The van der Waals surface area contributed by atoms with Gasteiger partial charge in [0, 0.05) is 23.5 Å². The number of carbonyl (C=O) groups excluding carboxylic acids is 3. The van der Waals surface area contributed by atoms with E-state index in [4.69, 9.17) is 5.73 Å². The zero-order valence-corrected chi connectivity index (χ0v) is 21.7. The Bertz CT molecular complexity index is 1270. The molecular formula is C28H35N5O5. The maximum absolute atomic E-state index is 13.2. The van der Waals surface area contributed by atoms with Crippen molar-refractivity contribution in [2.45, 2.75) is 57.8 Å². The molecule has 38 heavy (non-hydrogen) atoms. The average molecular weight is 522 g/mol. The Kier molecular flexibility index (Phi) is 9.61. The fourth-order valence-electron chi connectivity index (χ4n) is 4.14. The molecule has 202 valence electrons. The van der Waals surface area contributed by atoms with Gasteiger partial charge in [0.25, 0.3) is 0 Å². The summed E-state index contributed by atoms with van der Waals surface area (Å²) in [5.41, 5.74) is 8.85. The highest BCUT2D eigenvalue weighted by atomic mass is 16.4. The highest BCUT2D eigenvalue weighted by Crippen LogP contribution is 2.19. The Balaban J connectivity index is 1.70. The number of hydrogen-bond acceptors (Lipinski definition) is 5. The third-order valence-electron chi connectivity index (χ3n) is 6.35. The number of carbonyl (C=O) groups is 4. The van der Waals surface area contributed by atoms with E-state index in [0.29, 0.717) is 0 Å². The summed E-state index contributed by atoms with van der Waals surface area (Å²) in [4.78, 5) is 53.4. The SMILES string of the molecule is CC(NC(=O)C(Cc1ccccc1)NC(=O)C(N)Cc1c[nH]c2ccccc12)C(=O)NC(C(=O)O)C(C)C. The van der Waals surface area contributed by atoms with Crippen LogP contribution >= 0.6 is 0 Å². The minimum Gasteiger partial charge on any atom is -0.480 e. The van der Waals surface area contributed by atoms with E-state index in [-0.39, 0.29) is 18.8 Å². The molecule has 3 amide bonds. The predicted molar refractivity (Wildman–Crippen MR) is 144 cm³/mol. The molecule has 0 spiro atoms. The average Bonchev–Trinajstić information content (AvgIpc) is 3.29. The van der Waals surface area contributed by atoms with Crippen molar-refractivity contribution in [3.05, 3.63) is 71.9 Å². The number of aliphatic carboxylic acids is 1. The number of hydrogen-bond donors (Lipinski definition) is 6. The molecule has 4 unspecified atom stereocenters. The molecule has 3 aromatic rings. The van der Waals surface area contributed by atoms with Gasteiger partial charge in [0.05, 0.1) is 6.04 Å². The Morgan fingerprint density at radius 3 is 2.16 bits per heavy atom. The summed E-state index contributed by atoms with van der Waals surface area (Å²) >= 11 is 0. The van der Waals surface area contributed by atoms with E-state index in [1.165, 1.54) is 6.92 Å². The number of amides is 3. The summed E-state index contributed by atoms with van der Waals surface area (Å²) in [6.07, 6.45) is 2.25. The monoisotopic (exact) mass is 521 g/mol. The number of para-hydroxylation sites is 1. The number of carboxylic acids is 1. The lowest BCUT2D eigenvalue weighted by molar-refractivity contribution is -0.143. The van der Waals surface area contributed by atoms with Crippen molar-refractivity contribution in [2.24, 2.45) is 11.7 Å². The van der Waals surface area contributed by atoms with E-state index >= 15 is 0 Å². The first-order valence-electron chi connectivity index (χ1n) is 12.5. The highest BCUT2D eigenvalue weighted by Gasteiger charge is 2.29. The third-order valence-corrected chi connectivity index (χ3v) is 6.35. The van der Waals surface area contributed by atoms with Gasteiger partial charge in [0.1, 0.15) is 18.1 Å². The van der Waals surface area contributed by atoms with E-state index in [0.717, 1.165) is 22.0 Å². The van der Waals surface area contributed by atoms with Gasteiger partial charge < -0.3 is 31.8 Å². The van der Waals surface area contributed by atoms with Crippen molar-refractivity contribution in [1.82, 2.24) is 20.9 Å². The van der Waals surface area contributed by atoms with Crippen LogP contribution < -0.4 is 21.7 Å². The van der Waals surface area contributed by atoms with E-state index in [1.807, 2.05) is 60.8 Å². The van der Waals surface area contributed by atoms with Crippen molar-refractivity contribution in [1.29, 1.82) is 0 Å². The van der Waals surface area contributed by atoms with Gasteiger partial charge in [-0.2, -0.15) is 0 Å². The number of aromatic amines is 1. The molecule has 0 bridgehead atoms. The summed E-state index contributed by atoms with van der Waals surface area (Å²) in [5, 5.41) is 18.1. The summed E-state index contributed by atoms with van der Waals surface area (Å²) in [7, 11) is 0. The molecule has 0 aliphatic heterocycles. The van der Waals surface area contributed by atoms with Gasteiger partial charge in [0.2, 0.25) is 17.7 Å². The second-order valence-corrected chi connectivity index (χ2v) is 9.72. The standard InChI is InChI=1S/C28H35N5O5/c1-16(2)24(28(37)38)33-25(34)17(3)31-27(36)23(13-18-9-5-4-6-10-18)32-26(35)21(29)14-19-15-30-22-12-8-7-11-20(19)22/h4-12,15-17,21,23-24,30H,13-14,29H2,1-3H3,(H,31,36)(H,32,35)(H,33,34)(H,37,38). The number of nitrogens with one attached hydrogen (secondary N) is 4. The molecule has 4 atom stereocenters. The molecule has 0 saturated heterocycles. The first-order valence-corrected chi connectivity index (χ1v) is 12.5. The van der Waals surface area contributed by atoms with Crippen molar-refractivity contribution in [2.75, 3.05) is 0 Å². The van der Waals surface area contributed by atoms with Crippen LogP contribution in [0.5, 0.6) is 0 Å². The molecular weight excluding hydrogens is 486 g/mol. The minimum absolute atomic E-state index is 0.177.